The number of carboxylic acid groups (broad SMARTS) is 1. The van der Waals surface area contributed by atoms with Crippen LogP contribution in [0.25, 0.3) is 0 Å². The molecule has 1 unspecified atom stereocenters. The van der Waals surface area contributed by atoms with Crippen molar-refractivity contribution >= 4 is 17.6 Å². The maximum Gasteiger partial charge on any atom is 0.315 e. The van der Waals surface area contributed by atoms with Crippen molar-refractivity contribution in [3.63, 3.8) is 0 Å². The van der Waals surface area contributed by atoms with E-state index in [2.05, 4.69) is 5.32 Å². The van der Waals surface area contributed by atoms with Crippen molar-refractivity contribution in [1.82, 2.24) is 5.32 Å². The average molecular weight is 370 g/mol. The minimum Gasteiger partial charge on any atom is -0.481 e. The number of hydrogen-bond donors (Lipinski definition) is 2. The lowest BCUT2D eigenvalue weighted by molar-refractivity contribution is -0.386. The molecule has 0 heterocycles. The quantitative estimate of drug-likeness (QED) is 0.599. The summed E-state index contributed by atoms with van der Waals surface area (Å²) < 4.78 is 0. The van der Waals surface area contributed by atoms with Gasteiger partial charge in [0.15, 0.2) is 0 Å². The van der Waals surface area contributed by atoms with E-state index < -0.39 is 22.2 Å². The largest absolute Gasteiger partial charge is 0.481 e. The van der Waals surface area contributed by atoms with Gasteiger partial charge in [0.1, 0.15) is 5.41 Å². The van der Waals surface area contributed by atoms with E-state index in [0.29, 0.717) is 16.7 Å². The molecule has 0 radical (unpaired) electrons. The van der Waals surface area contributed by atoms with Gasteiger partial charge in [0, 0.05) is 17.7 Å². The molecule has 0 bridgehead atoms. The third kappa shape index (κ3) is 3.81. The fourth-order valence-corrected chi connectivity index (χ4v) is 3.26. The maximum absolute atomic E-state index is 12.7. The minimum atomic E-state index is -1.32. The lowest BCUT2D eigenvalue weighted by Gasteiger charge is -2.26. The number of carboxylic acids is 1. The molecule has 2 N–H and O–H groups in total. The van der Waals surface area contributed by atoms with Gasteiger partial charge in [-0.05, 0) is 44.9 Å². The second-order valence-electron chi connectivity index (χ2n) is 6.80. The first-order chi connectivity index (χ1) is 12.6. The zero-order valence-corrected chi connectivity index (χ0v) is 15.7. The van der Waals surface area contributed by atoms with E-state index in [1.807, 2.05) is 0 Å². The molecule has 0 aliphatic rings. The summed E-state index contributed by atoms with van der Waals surface area (Å²) in [5.74, 6) is -1.60. The highest BCUT2D eigenvalue weighted by Gasteiger charge is 2.36. The summed E-state index contributed by atoms with van der Waals surface area (Å²) in [5.41, 5.74) is 0.682. The smallest absolute Gasteiger partial charge is 0.315 e. The van der Waals surface area contributed by atoms with Crippen LogP contribution in [0.1, 0.15) is 39.5 Å². The highest BCUT2D eigenvalue weighted by Crippen LogP contribution is 2.29. The molecule has 0 saturated carbocycles. The number of benzene rings is 2. The van der Waals surface area contributed by atoms with Crippen molar-refractivity contribution in [3.05, 3.63) is 74.3 Å². The molecule has 2 rings (SSSR count). The van der Waals surface area contributed by atoms with E-state index in [1.54, 1.807) is 50.2 Å². The number of nitrogens with one attached hydrogen (secondary N) is 1. The van der Waals surface area contributed by atoms with E-state index in [1.165, 1.54) is 13.8 Å². The molecule has 1 atom stereocenters. The van der Waals surface area contributed by atoms with Crippen LogP contribution >= 0.6 is 0 Å². The third-order valence-corrected chi connectivity index (χ3v) is 4.83. The lowest BCUT2D eigenvalue weighted by atomic mass is 9.82. The zero-order valence-electron chi connectivity index (χ0n) is 15.7. The molecule has 0 aliphatic carbocycles. The topological polar surface area (TPSA) is 110 Å². The molecule has 7 nitrogen and oxygen atoms in total. The van der Waals surface area contributed by atoms with Crippen molar-refractivity contribution < 1.29 is 19.6 Å². The summed E-state index contributed by atoms with van der Waals surface area (Å²) >= 11 is 0. The molecule has 0 aromatic heterocycles. The Morgan fingerprint density at radius 2 is 1.74 bits per heavy atom. The van der Waals surface area contributed by atoms with Gasteiger partial charge in [-0.3, -0.25) is 19.7 Å². The number of rotatable bonds is 6. The second-order valence-corrected chi connectivity index (χ2v) is 6.80. The Hall–Kier alpha value is -3.22. The predicted molar refractivity (Wildman–Crippen MR) is 101 cm³/mol. The molecule has 0 spiro atoms. The van der Waals surface area contributed by atoms with Crippen LogP contribution in [0.15, 0.2) is 36.4 Å². The van der Waals surface area contributed by atoms with Crippen molar-refractivity contribution in [2.24, 2.45) is 0 Å². The van der Waals surface area contributed by atoms with Crippen LogP contribution in [-0.2, 0) is 10.2 Å². The van der Waals surface area contributed by atoms with Crippen LogP contribution in [-0.4, -0.2) is 28.5 Å². The van der Waals surface area contributed by atoms with E-state index in [0.717, 1.165) is 0 Å². The van der Waals surface area contributed by atoms with E-state index >= 15 is 0 Å². The Labute approximate surface area is 157 Å². The number of nitrogens with zero attached hydrogens (tertiary/aromatic N) is 1. The summed E-state index contributed by atoms with van der Waals surface area (Å²) in [7, 11) is 0. The number of carbonyl (C=O) groups is 2. The number of aliphatic carboxylic acids is 1. The van der Waals surface area contributed by atoms with Gasteiger partial charge in [0.05, 0.1) is 10.5 Å². The third-order valence-electron chi connectivity index (χ3n) is 4.83. The molecule has 0 saturated heterocycles. The van der Waals surface area contributed by atoms with Gasteiger partial charge in [-0.15, -0.1) is 0 Å². The van der Waals surface area contributed by atoms with Gasteiger partial charge < -0.3 is 10.4 Å². The SMILES string of the molecule is Cc1cc(C)c([N+](=O)[O-])c(C)c1C(=O)NCC(C)(C(=O)O)c1ccccc1. The summed E-state index contributed by atoms with van der Waals surface area (Å²) in [4.78, 5) is 35.4. The number of nitro benzene ring substituents is 1. The van der Waals surface area contributed by atoms with Crippen molar-refractivity contribution in [3.8, 4) is 0 Å². The molecular formula is C20H22N2O5. The Kier molecular flexibility index (Phi) is 5.64. The van der Waals surface area contributed by atoms with Crippen LogP contribution in [0.5, 0.6) is 0 Å². The predicted octanol–water partition coefficient (Wildman–Crippen LogP) is 3.29. The van der Waals surface area contributed by atoms with Crippen LogP contribution in [0.3, 0.4) is 0 Å². The van der Waals surface area contributed by atoms with Crippen molar-refractivity contribution in [2.75, 3.05) is 6.54 Å². The molecule has 27 heavy (non-hydrogen) atoms. The Morgan fingerprint density at radius 3 is 2.26 bits per heavy atom. The Balaban J connectivity index is 2.36. The maximum atomic E-state index is 12.7. The van der Waals surface area contributed by atoms with Gasteiger partial charge in [0.25, 0.3) is 11.6 Å². The summed E-state index contributed by atoms with van der Waals surface area (Å²) in [6, 6.07) is 10.2. The van der Waals surface area contributed by atoms with Gasteiger partial charge in [-0.25, -0.2) is 0 Å². The molecular weight excluding hydrogens is 348 g/mol. The molecule has 1 amide bonds. The summed E-state index contributed by atoms with van der Waals surface area (Å²) in [6.07, 6.45) is 0. The molecule has 142 valence electrons. The van der Waals surface area contributed by atoms with Crippen LogP contribution in [0.2, 0.25) is 0 Å². The first-order valence-corrected chi connectivity index (χ1v) is 8.42. The van der Waals surface area contributed by atoms with Crippen molar-refractivity contribution in [1.29, 1.82) is 0 Å². The van der Waals surface area contributed by atoms with E-state index in [9.17, 15) is 24.8 Å². The highest BCUT2D eigenvalue weighted by molar-refractivity contribution is 5.98. The van der Waals surface area contributed by atoms with E-state index in [4.69, 9.17) is 0 Å². The molecule has 2 aromatic rings. The monoisotopic (exact) mass is 370 g/mol. The van der Waals surface area contributed by atoms with Crippen LogP contribution in [0, 0.1) is 30.9 Å². The Morgan fingerprint density at radius 1 is 1.15 bits per heavy atom. The zero-order chi connectivity index (χ0) is 20.4. The summed E-state index contributed by atoms with van der Waals surface area (Å²) in [5, 5.41) is 23.7. The first kappa shape index (κ1) is 20.1. The van der Waals surface area contributed by atoms with E-state index in [-0.39, 0.29) is 23.4 Å². The highest BCUT2D eigenvalue weighted by atomic mass is 16.6. The fourth-order valence-electron chi connectivity index (χ4n) is 3.26. The van der Waals surface area contributed by atoms with Crippen molar-refractivity contribution in [2.45, 2.75) is 33.1 Å². The number of hydrogen-bond acceptors (Lipinski definition) is 4. The first-order valence-electron chi connectivity index (χ1n) is 8.42. The van der Waals surface area contributed by atoms with Crippen LogP contribution < -0.4 is 5.32 Å². The Bertz CT molecular complexity index is 908. The standard InChI is InChI=1S/C20H22N2O5/c1-12-10-13(2)17(22(26)27)14(3)16(12)18(23)21-11-20(4,19(24)25)15-8-6-5-7-9-15/h5-10H,11H2,1-4H3,(H,21,23)(H,24,25). The average Bonchev–Trinajstić information content (AvgIpc) is 2.59. The number of amides is 1. The van der Waals surface area contributed by atoms with Gasteiger partial charge in [0.2, 0.25) is 0 Å². The normalized spacial score (nSPS) is 12.9. The summed E-state index contributed by atoms with van der Waals surface area (Å²) in [6.45, 7) is 6.23. The number of nitro groups is 1. The molecule has 0 fully saturated rings. The molecule has 0 aliphatic heterocycles. The molecule has 2 aromatic carbocycles. The number of carbonyl (C=O) groups excluding carboxylic acids is 1. The van der Waals surface area contributed by atoms with Crippen LogP contribution in [0.4, 0.5) is 5.69 Å². The fraction of sp³-hybridized carbons (Fsp3) is 0.300. The molecule has 7 heteroatoms. The van der Waals surface area contributed by atoms with Gasteiger partial charge >= 0.3 is 5.97 Å². The minimum absolute atomic E-state index is 0.102. The second kappa shape index (κ2) is 7.57. The lowest BCUT2D eigenvalue weighted by Crippen LogP contribution is -2.44. The van der Waals surface area contributed by atoms with Gasteiger partial charge in [-0.2, -0.15) is 0 Å². The van der Waals surface area contributed by atoms with Gasteiger partial charge in [-0.1, -0.05) is 30.3 Å². The number of aryl methyl sites for hydroxylation is 2.